The lowest BCUT2D eigenvalue weighted by Gasteiger charge is -2.13. The highest BCUT2D eigenvalue weighted by Gasteiger charge is 2.51. The molecule has 1 aromatic rings. The van der Waals surface area contributed by atoms with Crippen molar-refractivity contribution >= 4 is 11.8 Å². The molecule has 3 N–H and O–H groups in total. The number of carbonyl (C=O) groups is 1. The van der Waals surface area contributed by atoms with Crippen molar-refractivity contribution in [3.8, 4) is 0 Å². The Morgan fingerprint density at radius 1 is 1.58 bits per heavy atom. The van der Waals surface area contributed by atoms with Crippen molar-refractivity contribution in [1.82, 2.24) is 9.78 Å². The summed E-state index contributed by atoms with van der Waals surface area (Å²) in [6, 6.07) is 0.610. The minimum Gasteiger partial charge on any atom is -0.446 e. The first-order valence-corrected chi connectivity index (χ1v) is 5.35. The van der Waals surface area contributed by atoms with E-state index in [0.29, 0.717) is 23.6 Å². The Morgan fingerprint density at radius 3 is 2.53 bits per heavy atom. The van der Waals surface area contributed by atoms with Crippen molar-refractivity contribution in [2.45, 2.75) is 24.6 Å². The van der Waals surface area contributed by atoms with Gasteiger partial charge in [0.1, 0.15) is 11.5 Å². The average molecular weight is 276 g/mol. The fourth-order valence-electron chi connectivity index (χ4n) is 1.60. The molecule has 0 unspecified atom stereocenters. The van der Waals surface area contributed by atoms with Gasteiger partial charge in [-0.25, -0.2) is 4.79 Å². The molecule has 1 fully saturated rings. The van der Waals surface area contributed by atoms with Gasteiger partial charge in [0.05, 0.1) is 0 Å². The van der Waals surface area contributed by atoms with Crippen LogP contribution in [0.1, 0.15) is 29.0 Å². The van der Waals surface area contributed by atoms with Crippen molar-refractivity contribution in [2.24, 2.45) is 12.8 Å². The summed E-state index contributed by atoms with van der Waals surface area (Å²) in [5, 5.41) is 10.7. The van der Waals surface area contributed by atoms with E-state index in [1.165, 1.54) is 0 Å². The fraction of sp³-hybridized carbons (Fsp3) is 0.500. The number of amidine groups is 1. The van der Waals surface area contributed by atoms with Crippen molar-refractivity contribution in [3.63, 3.8) is 0 Å². The lowest BCUT2D eigenvalue weighted by molar-refractivity contribution is -0.143. The van der Waals surface area contributed by atoms with Gasteiger partial charge in [0.2, 0.25) is 0 Å². The van der Waals surface area contributed by atoms with Gasteiger partial charge in [-0.1, -0.05) is 0 Å². The third kappa shape index (κ3) is 2.40. The minimum absolute atomic E-state index is 0.312. The SMILES string of the molecule is Cn1nc(C(=O)OC2(C(=N)N)CC2)cc1C(F)(F)F. The Morgan fingerprint density at radius 2 is 2.16 bits per heavy atom. The van der Waals surface area contributed by atoms with Crippen LogP contribution in [-0.4, -0.2) is 27.2 Å². The maximum atomic E-state index is 12.5. The van der Waals surface area contributed by atoms with Crippen molar-refractivity contribution < 1.29 is 22.7 Å². The molecule has 1 aliphatic rings. The monoisotopic (exact) mass is 276 g/mol. The number of hydrogen-bond acceptors (Lipinski definition) is 4. The third-order valence-corrected chi connectivity index (χ3v) is 2.86. The topological polar surface area (TPSA) is 94.0 Å². The van der Waals surface area contributed by atoms with E-state index in [0.717, 1.165) is 7.05 Å². The Balaban J connectivity index is 2.19. The van der Waals surface area contributed by atoms with Crippen LogP contribution in [0.15, 0.2) is 6.07 Å². The van der Waals surface area contributed by atoms with Crippen molar-refractivity contribution in [1.29, 1.82) is 5.41 Å². The predicted molar refractivity (Wildman–Crippen MR) is 57.5 cm³/mol. The van der Waals surface area contributed by atoms with Crippen LogP contribution < -0.4 is 5.73 Å². The fourth-order valence-corrected chi connectivity index (χ4v) is 1.60. The summed E-state index contributed by atoms with van der Waals surface area (Å²) in [5.41, 5.74) is 2.60. The molecule has 19 heavy (non-hydrogen) atoms. The second-order valence-electron chi connectivity index (χ2n) is 4.33. The summed E-state index contributed by atoms with van der Waals surface area (Å²) in [6.45, 7) is 0. The number of aromatic nitrogens is 2. The quantitative estimate of drug-likeness (QED) is 0.490. The first-order valence-electron chi connectivity index (χ1n) is 5.35. The molecule has 0 bridgehead atoms. The average Bonchev–Trinajstić information content (AvgIpc) is 2.92. The van der Waals surface area contributed by atoms with Crippen LogP contribution in [0.4, 0.5) is 13.2 Å². The number of carbonyl (C=O) groups excluding carboxylic acids is 1. The van der Waals surface area contributed by atoms with E-state index in [4.69, 9.17) is 15.9 Å². The maximum Gasteiger partial charge on any atom is 0.433 e. The van der Waals surface area contributed by atoms with E-state index in [1.54, 1.807) is 0 Å². The Kier molecular flexibility index (Phi) is 2.79. The van der Waals surface area contributed by atoms with Crippen LogP contribution in [0.25, 0.3) is 0 Å². The van der Waals surface area contributed by atoms with E-state index < -0.39 is 29.1 Å². The molecule has 0 saturated heterocycles. The molecule has 0 spiro atoms. The first kappa shape index (κ1) is 13.4. The highest BCUT2D eigenvalue weighted by molar-refractivity contribution is 5.95. The van der Waals surface area contributed by atoms with Gasteiger partial charge in [0.25, 0.3) is 0 Å². The van der Waals surface area contributed by atoms with Gasteiger partial charge in [-0.3, -0.25) is 10.1 Å². The summed E-state index contributed by atoms with van der Waals surface area (Å²) in [6.07, 6.45) is -3.81. The number of hydrogen-bond donors (Lipinski definition) is 2. The number of halogens is 3. The Hall–Kier alpha value is -2.06. The molecule has 0 amide bonds. The maximum absolute atomic E-state index is 12.5. The van der Waals surface area contributed by atoms with Crippen LogP contribution in [0.3, 0.4) is 0 Å². The van der Waals surface area contributed by atoms with Crippen LogP contribution in [0.5, 0.6) is 0 Å². The number of aryl methyl sites for hydroxylation is 1. The molecule has 1 aromatic heterocycles. The zero-order valence-corrected chi connectivity index (χ0v) is 9.91. The highest BCUT2D eigenvalue weighted by Crippen LogP contribution is 2.40. The molecule has 9 heteroatoms. The van der Waals surface area contributed by atoms with Crippen LogP contribution in [-0.2, 0) is 18.0 Å². The molecular formula is C10H11F3N4O2. The molecular weight excluding hydrogens is 265 g/mol. The van der Waals surface area contributed by atoms with Gasteiger partial charge in [-0.15, -0.1) is 0 Å². The molecule has 0 atom stereocenters. The summed E-state index contributed by atoms with van der Waals surface area (Å²) in [7, 11) is 1.08. The summed E-state index contributed by atoms with van der Waals surface area (Å²) >= 11 is 0. The van der Waals surface area contributed by atoms with Crippen LogP contribution in [0, 0.1) is 5.41 Å². The van der Waals surface area contributed by atoms with E-state index >= 15 is 0 Å². The Labute approximate surface area is 105 Å². The zero-order valence-electron chi connectivity index (χ0n) is 9.91. The number of rotatable bonds is 3. The van der Waals surface area contributed by atoms with Crippen molar-refractivity contribution in [3.05, 3.63) is 17.5 Å². The number of esters is 1. The minimum atomic E-state index is -4.60. The molecule has 1 heterocycles. The molecule has 1 saturated carbocycles. The number of alkyl halides is 3. The number of nitrogens with zero attached hydrogens (tertiary/aromatic N) is 2. The lowest BCUT2D eigenvalue weighted by Crippen LogP contribution is -2.34. The van der Waals surface area contributed by atoms with E-state index in [9.17, 15) is 18.0 Å². The molecule has 2 rings (SSSR count). The number of nitrogens with one attached hydrogen (secondary N) is 1. The van der Waals surface area contributed by atoms with E-state index in [2.05, 4.69) is 5.10 Å². The zero-order chi connectivity index (χ0) is 14.4. The summed E-state index contributed by atoms with van der Waals surface area (Å²) in [4.78, 5) is 11.7. The lowest BCUT2D eigenvalue weighted by atomic mass is 10.3. The molecule has 0 radical (unpaired) electrons. The summed E-state index contributed by atoms with van der Waals surface area (Å²) < 4.78 is 43.1. The van der Waals surface area contributed by atoms with Crippen LogP contribution >= 0.6 is 0 Å². The van der Waals surface area contributed by atoms with Gasteiger partial charge < -0.3 is 10.5 Å². The second kappa shape index (κ2) is 3.97. The second-order valence-corrected chi connectivity index (χ2v) is 4.33. The van der Waals surface area contributed by atoms with Gasteiger partial charge in [-0.05, 0) is 12.8 Å². The van der Waals surface area contributed by atoms with Gasteiger partial charge in [-0.2, -0.15) is 18.3 Å². The van der Waals surface area contributed by atoms with E-state index in [1.807, 2.05) is 0 Å². The largest absolute Gasteiger partial charge is 0.446 e. The normalized spacial score (nSPS) is 17.1. The molecule has 1 aliphatic carbocycles. The van der Waals surface area contributed by atoms with Crippen molar-refractivity contribution in [2.75, 3.05) is 0 Å². The molecule has 6 nitrogen and oxygen atoms in total. The highest BCUT2D eigenvalue weighted by atomic mass is 19.4. The van der Waals surface area contributed by atoms with E-state index in [-0.39, 0.29) is 5.84 Å². The molecule has 0 aromatic carbocycles. The summed E-state index contributed by atoms with van der Waals surface area (Å²) in [5.74, 6) is -1.33. The van der Waals surface area contributed by atoms with Gasteiger partial charge in [0, 0.05) is 13.1 Å². The molecule has 0 aliphatic heterocycles. The van der Waals surface area contributed by atoms with Crippen LogP contribution in [0.2, 0.25) is 0 Å². The first-order chi connectivity index (χ1) is 8.66. The number of nitrogens with two attached hydrogens (primary N) is 1. The number of ether oxygens (including phenoxy) is 1. The smallest absolute Gasteiger partial charge is 0.433 e. The van der Waals surface area contributed by atoms with Gasteiger partial charge >= 0.3 is 12.1 Å². The van der Waals surface area contributed by atoms with Gasteiger partial charge in [0.15, 0.2) is 11.3 Å². The standard InChI is InChI=1S/C10H11F3N4O2/c1-17-6(10(11,12)13)4-5(16-17)7(18)19-9(2-3-9)8(14)15/h4H,2-3H2,1H3,(H3,14,15). The molecule has 104 valence electrons. The third-order valence-electron chi connectivity index (χ3n) is 2.86. The Bertz CT molecular complexity index is 545. The predicted octanol–water partition coefficient (Wildman–Crippen LogP) is 1.06.